The van der Waals surface area contributed by atoms with Gasteiger partial charge in [0.2, 0.25) is 0 Å². The quantitative estimate of drug-likeness (QED) is 0.572. The van der Waals surface area contributed by atoms with Crippen LogP contribution in [0.15, 0.2) is 0 Å². The highest BCUT2D eigenvalue weighted by atomic mass is 32.2. The number of carbonyl (C=O) groups excluding carboxylic acids is 1. The van der Waals surface area contributed by atoms with Gasteiger partial charge in [-0.3, -0.25) is 4.79 Å². The Balaban J connectivity index is 2.14. The van der Waals surface area contributed by atoms with Gasteiger partial charge in [0, 0.05) is 13.1 Å². The first-order chi connectivity index (χ1) is 9.60. The Labute approximate surface area is 125 Å². The lowest BCUT2D eigenvalue weighted by Crippen LogP contribution is -2.45. The van der Waals surface area contributed by atoms with E-state index in [2.05, 4.69) is 16.9 Å². The fraction of sp³-hybridized carbons (Fsp3) is 0.857. The minimum Gasteiger partial charge on any atom is -0.481 e. The van der Waals surface area contributed by atoms with E-state index in [4.69, 9.17) is 0 Å². The second kappa shape index (κ2) is 9.10. The van der Waals surface area contributed by atoms with Crippen molar-refractivity contribution in [3.8, 4) is 0 Å². The van der Waals surface area contributed by atoms with Crippen LogP contribution < -0.4 is 10.6 Å². The minimum absolute atomic E-state index is 0.237. The zero-order valence-corrected chi connectivity index (χ0v) is 13.1. The Morgan fingerprint density at radius 2 is 1.85 bits per heavy atom. The third-order valence-electron chi connectivity index (χ3n) is 3.91. The fourth-order valence-electron chi connectivity index (χ4n) is 2.58. The zero-order valence-electron chi connectivity index (χ0n) is 12.2. The molecule has 6 heteroatoms. The molecule has 0 aliphatic heterocycles. The van der Waals surface area contributed by atoms with Gasteiger partial charge in [0.15, 0.2) is 0 Å². The summed E-state index contributed by atoms with van der Waals surface area (Å²) in [6, 6.07) is -0.248. The van der Waals surface area contributed by atoms with E-state index in [1.807, 2.05) is 11.8 Å². The Bertz CT molecular complexity index is 318. The van der Waals surface area contributed by atoms with Gasteiger partial charge in [-0.1, -0.05) is 19.3 Å². The molecule has 0 heterocycles. The van der Waals surface area contributed by atoms with Crippen molar-refractivity contribution in [3.63, 3.8) is 0 Å². The van der Waals surface area contributed by atoms with Gasteiger partial charge in [0.1, 0.15) is 0 Å². The van der Waals surface area contributed by atoms with Crippen LogP contribution in [0.5, 0.6) is 0 Å². The molecule has 0 aromatic heterocycles. The summed E-state index contributed by atoms with van der Waals surface area (Å²) in [5, 5.41) is 14.8. The van der Waals surface area contributed by atoms with Gasteiger partial charge in [-0.2, -0.15) is 11.8 Å². The van der Waals surface area contributed by atoms with Crippen LogP contribution in [-0.2, 0) is 4.79 Å². The van der Waals surface area contributed by atoms with Crippen LogP contribution >= 0.6 is 11.8 Å². The average molecular weight is 302 g/mol. The highest BCUT2D eigenvalue weighted by molar-refractivity contribution is 7.98. The summed E-state index contributed by atoms with van der Waals surface area (Å²) < 4.78 is 0. The smallest absolute Gasteiger partial charge is 0.314 e. The number of hydrogen-bond acceptors (Lipinski definition) is 3. The molecule has 1 saturated carbocycles. The van der Waals surface area contributed by atoms with Gasteiger partial charge in [-0.25, -0.2) is 4.79 Å². The van der Waals surface area contributed by atoms with Crippen LogP contribution in [0.25, 0.3) is 0 Å². The number of hydrogen-bond donors (Lipinski definition) is 3. The van der Waals surface area contributed by atoms with Crippen LogP contribution in [0.1, 0.15) is 44.9 Å². The van der Waals surface area contributed by atoms with Crippen molar-refractivity contribution < 1.29 is 14.7 Å². The first-order valence-corrected chi connectivity index (χ1v) is 8.74. The second-order valence-corrected chi connectivity index (χ2v) is 6.44. The lowest BCUT2D eigenvalue weighted by Gasteiger charge is -2.24. The van der Waals surface area contributed by atoms with E-state index in [0.29, 0.717) is 19.4 Å². The van der Waals surface area contributed by atoms with Gasteiger partial charge in [0.05, 0.1) is 5.41 Å². The summed E-state index contributed by atoms with van der Waals surface area (Å²) in [5.74, 6) is 0.375. The summed E-state index contributed by atoms with van der Waals surface area (Å²) in [6.07, 6.45) is 8.54. The number of carboxylic acids is 1. The third kappa shape index (κ3) is 5.61. The lowest BCUT2D eigenvalue weighted by atomic mass is 9.86. The number of nitrogens with one attached hydrogen (secondary N) is 2. The van der Waals surface area contributed by atoms with Crippen molar-refractivity contribution in [2.75, 3.05) is 25.1 Å². The van der Waals surface area contributed by atoms with E-state index in [1.54, 1.807) is 0 Å². The number of aliphatic carboxylic acids is 1. The lowest BCUT2D eigenvalue weighted by molar-refractivity contribution is -0.148. The first-order valence-electron chi connectivity index (χ1n) is 7.35. The summed E-state index contributed by atoms with van der Waals surface area (Å²) in [4.78, 5) is 23.0. The Morgan fingerprint density at radius 3 is 2.45 bits per heavy atom. The van der Waals surface area contributed by atoms with Crippen molar-refractivity contribution >= 4 is 23.8 Å². The number of unbranched alkanes of at least 4 members (excludes halogenated alkanes) is 2. The van der Waals surface area contributed by atoms with Crippen LogP contribution in [0.4, 0.5) is 4.79 Å². The summed E-state index contributed by atoms with van der Waals surface area (Å²) in [6.45, 7) is 0.890. The molecule has 1 fully saturated rings. The number of carboxylic acid groups (broad SMARTS) is 1. The standard InChI is InChI=1S/C14H26N2O3S/c1-20-10-6-2-5-9-15-13(19)16-11-14(12(17)18)7-3-4-8-14/h2-11H2,1H3,(H,17,18)(H2,15,16,19). The van der Waals surface area contributed by atoms with Crippen molar-refractivity contribution in [1.82, 2.24) is 10.6 Å². The van der Waals surface area contributed by atoms with Crippen molar-refractivity contribution in [2.45, 2.75) is 44.9 Å². The van der Waals surface area contributed by atoms with Crippen molar-refractivity contribution in [1.29, 1.82) is 0 Å². The fourth-order valence-corrected chi connectivity index (χ4v) is 3.07. The van der Waals surface area contributed by atoms with Crippen LogP contribution in [0.2, 0.25) is 0 Å². The molecule has 5 nitrogen and oxygen atoms in total. The number of rotatable bonds is 9. The number of carbonyl (C=O) groups is 2. The molecule has 0 radical (unpaired) electrons. The molecule has 0 spiro atoms. The maximum Gasteiger partial charge on any atom is 0.314 e. The molecular formula is C14H26N2O3S. The molecule has 0 aromatic carbocycles. The SMILES string of the molecule is CSCCCCCNC(=O)NCC1(C(=O)O)CCCC1. The maximum absolute atomic E-state index is 11.6. The van der Waals surface area contributed by atoms with Gasteiger partial charge in [0.25, 0.3) is 0 Å². The van der Waals surface area contributed by atoms with Crippen LogP contribution in [0, 0.1) is 5.41 Å². The minimum atomic E-state index is -0.785. The van der Waals surface area contributed by atoms with E-state index in [-0.39, 0.29) is 12.6 Å². The predicted molar refractivity (Wildman–Crippen MR) is 82.2 cm³/mol. The number of thioether (sulfide) groups is 1. The van der Waals surface area contributed by atoms with Crippen LogP contribution in [0.3, 0.4) is 0 Å². The Morgan fingerprint density at radius 1 is 1.15 bits per heavy atom. The maximum atomic E-state index is 11.6. The van der Waals surface area contributed by atoms with E-state index >= 15 is 0 Å². The molecule has 0 saturated heterocycles. The molecule has 0 aromatic rings. The van der Waals surface area contributed by atoms with Gasteiger partial charge < -0.3 is 15.7 Å². The first kappa shape index (κ1) is 17.1. The van der Waals surface area contributed by atoms with Gasteiger partial charge in [-0.05, 0) is 37.7 Å². The second-order valence-electron chi connectivity index (χ2n) is 5.46. The number of amides is 2. The topological polar surface area (TPSA) is 78.4 Å². The Kier molecular flexibility index (Phi) is 7.80. The normalized spacial score (nSPS) is 16.9. The van der Waals surface area contributed by atoms with E-state index in [0.717, 1.165) is 31.4 Å². The summed E-state index contributed by atoms with van der Waals surface area (Å²) in [7, 11) is 0. The van der Waals surface area contributed by atoms with Crippen LogP contribution in [-0.4, -0.2) is 42.2 Å². The predicted octanol–water partition coefficient (Wildman–Crippen LogP) is 2.46. The van der Waals surface area contributed by atoms with Crippen molar-refractivity contribution in [3.05, 3.63) is 0 Å². The van der Waals surface area contributed by atoms with E-state index in [1.165, 1.54) is 6.42 Å². The molecular weight excluding hydrogens is 276 g/mol. The molecule has 20 heavy (non-hydrogen) atoms. The third-order valence-corrected chi connectivity index (χ3v) is 4.61. The monoisotopic (exact) mass is 302 g/mol. The Hall–Kier alpha value is -0.910. The molecule has 1 aliphatic rings. The summed E-state index contributed by atoms with van der Waals surface area (Å²) >= 11 is 1.84. The van der Waals surface area contributed by atoms with Gasteiger partial charge in [-0.15, -0.1) is 0 Å². The molecule has 1 aliphatic carbocycles. The van der Waals surface area contributed by atoms with Crippen molar-refractivity contribution in [2.24, 2.45) is 5.41 Å². The average Bonchev–Trinajstić information content (AvgIpc) is 2.90. The molecule has 1 rings (SSSR count). The molecule has 2 amide bonds. The van der Waals surface area contributed by atoms with E-state index < -0.39 is 11.4 Å². The van der Waals surface area contributed by atoms with E-state index in [9.17, 15) is 14.7 Å². The zero-order chi connectivity index (χ0) is 14.8. The number of urea groups is 1. The molecule has 0 bridgehead atoms. The molecule has 0 atom stereocenters. The largest absolute Gasteiger partial charge is 0.481 e. The highest BCUT2D eigenvalue weighted by Gasteiger charge is 2.41. The molecule has 3 N–H and O–H groups in total. The molecule has 0 unspecified atom stereocenters. The van der Waals surface area contributed by atoms with Gasteiger partial charge >= 0.3 is 12.0 Å². The molecule has 116 valence electrons. The summed E-state index contributed by atoms with van der Waals surface area (Å²) in [5.41, 5.74) is -0.740. The highest BCUT2D eigenvalue weighted by Crippen LogP contribution is 2.37.